The number of rotatable bonds is 6. The summed E-state index contributed by atoms with van der Waals surface area (Å²) in [5.41, 5.74) is 1.92. The van der Waals surface area contributed by atoms with E-state index in [9.17, 15) is 4.79 Å². The lowest BCUT2D eigenvalue weighted by molar-refractivity contribution is -0.120. The van der Waals surface area contributed by atoms with E-state index in [0.29, 0.717) is 12.4 Å². The van der Waals surface area contributed by atoms with Crippen LogP contribution in [0.2, 0.25) is 0 Å². The molecule has 1 atom stereocenters. The summed E-state index contributed by atoms with van der Waals surface area (Å²) < 4.78 is 5.39. The predicted octanol–water partition coefficient (Wildman–Crippen LogP) is 3.10. The number of carbonyl (C=O) groups excluding carboxylic acids is 1. The van der Waals surface area contributed by atoms with Crippen molar-refractivity contribution < 1.29 is 9.53 Å². The highest BCUT2D eigenvalue weighted by molar-refractivity contribution is 5.93. The number of aromatic nitrogens is 2. The molecule has 1 amide bonds. The highest BCUT2D eigenvalue weighted by Crippen LogP contribution is 2.27. The highest BCUT2D eigenvalue weighted by atomic mass is 16.5. The third-order valence-corrected chi connectivity index (χ3v) is 4.42. The number of benzene rings is 1. The molecule has 0 bridgehead atoms. The number of carbonyl (C=O) groups is 1. The standard InChI is InChI=1S/C20H22N4O2/c1-14(20(25)23-18-8-4-5-11-21-18)24(2)13-15-9-10-17(26-3)19-16(15)7-6-12-22-19/h4-12,14H,13H2,1-3H3,(H,21,23,25)/t14-/m0/s1. The molecule has 3 rings (SSSR count). The van der Waals surface area contributed by atoms with E-state index in [4.69, 9.17) is 4.74 Å². The largest absolute Gasteiger partial charge is 0.494 e. The van der Waals surface area contributed by atoms with Gasteiger partial charge in [-0.05, 0) is 43.8 Å². The first-order valence-electron chi connectivity index (χ1n) is 8.43. The van der Waals surface area contributed by atoms with Gasteiger partial charge in [0.1, 0.15) is 17.1 Å². The Labute approximate surface area is 152 Å². The second-order valence-corrected chi connectivity index (χ2v) is 6.12. The van der Waals surface area contributed by atoms with E-state index in [-0.39, 0.29) is 11.9 Å². The molecule has 0 spiro atoms. The fraction of sp³-hybridized carbons (Fsp3) is 0.250. The van der Waals surface area contributed by atoms with Crippen molar-refractivity contribution in [1.82, 2.24) is 14.9 Å². The zero-order valence-corrected chi connectivity index (χ0v) is 15.1. The molecule has 134 valence electrons. The van der Waals surface area contributed by atoms with Gasteiger partial charge in [-0.15, -0.1) is 0 Å². The second kappa shape index (κ2) is 7.93. The van der Waals surface area contributed by atoms with Crippen LogP contribution < -0.4 is 10.1 Å². The Morgan fingerprint density at radius 3 is 2.69 bits per heavy atom. The van der Waals surface area contributed by atoms with Gasteiger partial charge < -0.3 is 10.1 Å². The summed E-state index contributed by atoms with van der Waals surface area (Å²) in [6.07, 6.45) is 3.40. The molecule has 1 N–H and O–H groups in total. The molecule has 0 aliphatic rings. The SMILES string of the molecule is COc1ccc(CN(C)[C@@H](C)C(=O)Nc2ccccn2)c2cccnc12. The maximum absolute atomic E-state index is 12.5. The van der Waals surface area contributed by atoms with Crippen LogP contribution in [0.5, 0.6) is 5.75 Å². The van der Waals surface area contributed by atoms with Gasteiger partial charge in [-0.3, -0.25) is 14.7 Å². The van der Waals surface area contributed by atoms with Gasteiger partial charge in [-0.2, -0.15) is 0 Å². The second-order valence-electron chi connectivity index (χ2n) is 6.12. The number of nitrogens with one attached hydrogen (secondary N) is 1. The molecule has 0 saturated heterocycles. The number of hydrogen-bond donors (Lipinski definition) is 1. The Hall–Kier alpha value is -2.99. The first-order valence-corrected chi connectivity index (χ1v) is 8.43. The van der Waals surface area contributed by atoms with Crippen molar-refractivity contribution >= 4 is 22.6 Å². The summed E-state index contributed by atoms with van der Waals surface area (Å²) in [4.78, 5) is 23.0. The number of methoxy groups -OCH3 is 1. The molecular formula is C20H22N4O2. The normalized spacial score (nSPS) is 12.2. The number of amides is 1. The van der Waals surface area contributed by atoms with Crippen LogP contribution in [0, 0.1) is 0 Å². The van der Waals surface area contributed by atoms with E-state index < -0.39 is 0 Å². The quantitative estimate of drug-likeness (QED) is 0.740. The molecule has 0 unspecified atom stereocenters. The van der Waals surface area contributed by atoms with Crippen LogP contribution in [0.25, 0.3) is 10.9 Å². The van der Waals surface area contributed by atoms with E-state index in [1.165, 1.54) is 0 Å². The predicted molar refractivity (Wildman–Crippen MR) is 102 cm³/mol. The Balaban J connectivity index is 1.76. The number of hydrogen-bond acceptors (Lipinski definition) is 5. The third kappa shape index (κ3) is 3.81. The summed E-state index contributed by atoms with van der Waals surface area (Å²) in [5, 5.41) is 3.86. The molecule has 0 radical (unpaired) electrons. The summed E-state index contributed by atoms with van der Waals surface area (Å²) in [7, 11) is 3.56. The molecule has 0 aliphatic carbocycles. The van der Waals surface area contributed by atoms with Crippen molar-refractivity contribution in [3.63, 3.8) is 0 Å². The van der Waals surface area contributed by atoms with E-state index >= 15 is 0 Å². The lowest BCUT2D eigenvalue weighted by atomic mass is 10.1. The van der Waals surface area contributed by atoms with Gasteiger partial charge in [0.05, 0.1) is 13.2 Å². The van der Waals surface area contributed by atoms with Crippen LogP contribution in [0.15, 0.2) is 54.9 Å². The maximum Gasteiger partial charge on any atom is 0.242 e. The van der Waals surface area contributed by atoms with Crippen molar-refractivity contribution in [2.24, 2.45) is 0 Å². The van der Waals surface area contributed by atoms with Crippen molar-refractivity contribution in [2.45, 2.75) is 19.5 Å². The lowest BCUT2D eigenvalue weighted by Gasteiger charge is -2.24. The van der Waals surface area contributed by atoms with Crippen molar-refractivity contribution in [1.29, 1.82) is 0 Å². The van der Waals surface area contributed by atoms with Crippen LogP contribution in [0.4, 0.5) is 5.82 Å². The minimum atomic E-state index is -0.314. The van der Waals surface area contributed by atoms with Gasteiger partial charge >= 0.3 is 0 Å². The first-order chi connectivity index (χ1) is 12.6. The maximum atomic E-state index is 12.5. The first kappa shape index (κ1) is 17.8. The minimum absolute atomic E-state index is 0.0952. The Bertz CT molecular complexity index is 899. The van der Waals surface area contributed by atoms with Gasteiger partial charge in [-0.1, -0.05) is 18.2 Å². The van der Waals surface area contributed by atoms with Gasteiger partial charge in [0.15, 0.2) is 0 Å². The number of ether oxygens (including phenoxy) is 1. The Morgan fingerprint density at radius 1 is 1.15 bits per heavy atom. The zero-order chi connectivity index (χ0) is 18.5. The molecule has 1 aromatic carbocycles. The highest BCUT2D eigenvalue weighted by Gasteiger charge is 2.19. The van der Waals surface area contributed by atoms with Crippen LogP contribution in [0.1, 0.15) is 12.5 Å². The Kier molecular flexibility index (Phi) is 5.43. The van der Waals surface area contributed by atoms with Crippen LogP contribution in [0.3, 0.4) is 0 Å². The molecular weight excluding hydrogens is 328 g/mol. The summed E-state index contributed by atoms with van der Waals surface area (Å²) >= 11 is 0. The van der Waals surface area contributed by atoms with Crippen LogP contribution in [-0.4, -0.2) is 41.0 Å². The van der Waals surface area contributed by atoms with E-state index in [1.807, 2.05) is 55.3 Å². The molecule has 26 heavy (non-hydrogen) atoms. The number of fused-ring (bicyclic) bond motifs is 1. The van der Waals surface area contributed by atoms with Gasteiger partial charge in [0.25, 0.3) is 0 Å². The van der Waals surface area contributed by atoms with Crippen molar-refractivity contribution in [3.8, 4) is 5.75 Å². The molecule has 0 aliphatic heterocycles. The molecule has 2 aromatic heterocycles. The van der Waals surface area contributed by atoms with Gasteiger partial charge in [0.2, 0.25) is 5.91 Å². The average Bonchev–Trinajstić information content (AvgIpc) is 2.68. The molecule has 6 heteroatoms. The van der Waals surface area contributed by atoms with Crippen molar-refractivity contribution in [2.75, 3.05) is 19.5 Å². The van der Waals surface area contributed by atoms with Crippen LogP contribution in [-0.2, 0) is 11.3 Å². The van der Waals surface area contributed by atoms with Crippen LogP contribution >= 0.6 is 0 Å². The number of anilines is 1. The molecule has 0 saturated carbocycles. The fourth-order valence-electron chi connectivity index (χ4n) is 2.78. The summed E-state index contributed by atoms with van der Waals surface area (Å²) in [6.45, 7) is 2.49. The summed E-state index contributed by atoms with van der Waals surface area (Å²) in [6, 6.07) is 13.0. The molecule has 6 nitrogen and oxygen atoms in total. The third-order valence-electron chi connectivity index (χ3n) is 4.42. The number of likely N-dealkylation sites (N-methyl/N-ethyl adjacent to an activating group) is 1. The minimum Gasteiger partial charge on any atom is -0.494 e. The average molecular weight is 350 g/mol. The van der Waals surface area contributed by atoms with E-state index in [1.54, 1.807) is 25.6 Å². The van der Waals surface area contributed by atoms with E-state index in [0.717, 1.165) is 22.2 Å². The fourth-order valence-corrected chi connectivity index (χ4v) is 2.78. The molecule has 2 heterocycles. The van der Waals surface area contributed by atoms with E-state index in [2.05, 4.69) is 15.3 Å². The van der Waals surface area contributed by atoms with Crippen molar-refractivity contribution in [3.05, 3.63) is 60.4 Å². The van der Waals surface area contributed by atoms with Gasteiger partial charge in [0, 0.05) is 24.3 Å². The zero-order valence-electron chi connectivity index (χ0n) is 15.1. The molecule has 0 fully saturated rings. The number of pyridine rings is 2. The lowest BCUT2D eigenvalue weighted by Crippen LogP contribution is -2.39. The smallest absolute Gasteiger partial charge is 0.242 e. The topological polar surface area (TPSA) is 67.3 Å². The summed E-state index contributed by atoms with van der Waals surface area (Å²) in [5.74, 6) is 1.20. The Morgan fingerprint density at radius 2 is 1.96 bits per heavy atom. The monoisotopic (exact) mass is 350 g/mol. The number of nitrogens with zero attached hydrogens (tertiary/aromatic N) is 3. The van der Waals surface area contributed by atoms with Gasteiger partial charge in [-0.25, -0.2) is 4.98 Å². The molecule has 3 aromatic rings.